The van der Waals surface area contributed by atoms with Crippen molar-refractivity contribution in [2.24, 2.45) is 0 Å². The zero-order valence-electron chi connectivity index (χ0n) is 9.85. The van der Waals surface area contributed by atoms with Crippen LogP contribution in [0.15, 0.2) is 46.9 Å². The topological polar surface area (TPSA) is 61.4 Å². The second kappa shape index (κ2) is 4.59. The van der Waals surface area contributed by atoms with Crippen molar-refractivity contribution in [3.05, 3.63) is 52.5 Å². The summed E-state index contributed by atoms with van der Waals surface area (Å²) in [7, 11) is 0. The molecule has 1 amide bonds. The number of halogens is 1. The highest BCUT2D eigenvalue weighted by Crippen LogP contribution is 2.35. The van der Waals surface area contributed by atoms with Gasteiger partial charge in [-0.2, -0.15) is 0 Å². The summed E-state index contributed by atoms with van der Waals surface area (Å²) in [5, 5.41) is 15.4. The molecule has 1 aliphatic heterocycles. The summed E-state index contributed by atoms with van der Waals surface area (Å²) < 4.78 is 0.922. The van der Waals surface area contributed by atoms with Crippen molar-refractivity contribution in [3.8, 4) is 5.75 Å². The number of carbonyl (C=O) groups excluding carboxylic acids is 1. The molecule has 5 heteroatoms. The van der Waals surface area contributed by atoms with Gasteiger partial charge in [-0.05, 0) is 30.3 Å². The van der Waals surface area contributed by atoms with Gasteiger partial charge in [-0.1, -0.05) is 22.0 Å². The van der Waals surface area contributed by atoms with E-state index in [0.29, 0.717) is 5.69 Å². The number of carbonyl (C=O) groups is 1. The molecule has 0 spiro atoms. The second-order valence-corrected chi connectivity index (χ2v) is 5.26. The Labute approximate surface area is 118 Å². The summed E-state index contributed by atoms with van der Waals surface area (Å²) in [5.41, 5.74) is 2.40. The van der Waals surface area contributed by atoms with Crippen LogP contribution in [0.4, 0.5) is 11.4 Å². The molecular weight excluding hydrogens is 308 g/mol. The minimum atomic E-state index is -0.450. The van der Waals surface area contributed by atoms with E-state index in [1.165, 1.54) is 0 Å². The number of hydrogen-bond donors (Lipinski definition) is 3. The zero-order valence-corrected chi connectivity index (χ0v) is 11.4. The first-order valence-corrected chi connectivity index (χ1v) is 6.59. The molecule has 1 aliphatic rings. The van der Waals surface area contributed by atoms with Crippen LogP contribution in [0.3, 0.4) is 0 Å². The highest BCUT2D eigenvalue weighted by atomic mass is 79.9. The van der Waals surface area contributed by atoms with Gasteiger partial charge in [-0.3, -0.25) is 4.79 Å². The van der Waals surface area contributed by atoms with Crippen molar-refractivity contribution in [1.82, 2.24) is 0 Å². The van der Waals surface area contributed by atoms with Gasteiger partial charge in [0.05, 0.1) is 0 Å². The van der Waals surface area contributed by atoms with E-state index in [9.17, 15) is 9.90 Å². The quantitative estimate of drug-likeness (QED) is 0.796. The van der Waals surface area contributed by atoms with E-state index in [1.54, 1.807) is 18.2 Å². The predicted molar refractivity (Wildman–Crippen MR) is 77.2 cm³/mol. The molecule has 0 fully saturated rings. The molecule has 0 saturated heterocycles. The molecule has 0 radical (unpaired) electrons. The first kappa shape index (κ1) is 12.0. The van der Waals surface area contributed by atoms with Crippen molar-refractivity contribution >= 4 is 33.2 Å². The SMILES string of the molecule is O=C1Nc2ccc(Br)cc2C1Nc1cccc(O)c1. The van der Waals surface area contributed by atoms with Gasteiger partial charge in [0, 0.05) is 27.5 Å². The van der Waals surface area contributed by atoms with Crippen LogP contribution in [0.1, 0.15) is 11.6 Å². The molecule has 1 unspecified atom stereocenters. The lowest BCUT2D eigenvalue weighted by Gasteiger charge is -2.13. The summed E-state index contributed by atoms with van der Waals surface area (Å²) in [6.45, 7) is 0. The van der Waals surface area contributed by atoms with E-state index in [4.69, 9.17) is 0 Å². The fraction of sp³-hybridized carbons (Fsp3) is 0.0714. The number of nitrogens with one attached hydrogen (secondary N) is 2. The van der Waals surface area contributed by atoms with Crippen LogP contribution in [0.25, 0.3) is 0 Å². The van der Waals surface area contributed by atoms with E-state index in [0.717, 1.165) is 15.7 Å². The molecular formula is C14H11BrN2O2. The Morgan fingerprint density at radius 1 is 1.21 bits per heavy atom. The molecule has 1 heterocycles. The van der Waals surface area contributed by atoms with Gasteiger partial charge in [0.25, 0.3) is 5.91 Å². The van der Waals surface area contributed by atoms with Gasteiger partial charge in [-0.25, -0.2) is 0 Å². The number of phenolic OH excluding ortho intramolecular Hbond substituents is 1. The summed E-state index contributed by atoms with van der Waals surface area (Å²) in [6, 6.07) is 11.9. The number of benzene rings is 2. The van der Waals surface area contributed by atoms with E-state index in [-0.39, 0.29) is 11.7 Å². The largest absolute Gasteiger partial charge is 0.508 e. The van der Waals surface area contributed by atoms with Crippen molar-refractivity contribution in [2.75, 3.05) is 10.6 Å². The highest BCUT2D eigenvalue weighted by Gasteiger charge is 2.30. The number of fused-ring (bicyclic) bond motifs is 1. The number of phenols is 1. The Bertz CT molecular complexity index is 658. The van der Waals surface area contributed by atoms with E-state index >= 15 is 0 Å². The molecule has 2 aromatic carbocycles. The molecule has 0 saturated carbocycles. The lowest BCUT2D eigenvalue weighted by atomic mass is 10.1. The maximum absolute atomic E-state index is 12.0. The summed E-state index contributed by atoms with van der Waals surface area (Å²) in [4.78, 5) is 12.0. The Morgan fingerprint density at radius 3 is 2.84 bits per heavy atom. The Balaban J connectivity index is 1.94. The summed E-state index contributed by atoms with van der Waals surface area (Å²) >= 11 is 3.40. The smallest absolute Gasteiger partial charge is 0.251 e. The molecule has 19 heavy (non-hydrogen) atoms. The lowest BCUT2D eigenvalue weighted by molar-refractivity contribution is -0.116. The van der Waals surface area contributed by atoms with Crippen molar-refractivity contribution in [2.45, 2.75) is 6.04 Å². The molecule has 0 aliphatic carbocycles. The van der Waals surface area contributed by atoms with Crippen LogP contribution in [0.2, 0.25) is 0 Å². The van der Waals surface area contributed by atoms with E-state index in [2.05, 4.69) is 26.6 Å². The second-order valence-electron chi connectivity index (χ2n) is 4.35. The zero-order chi connectivity index (χ0) is 13.4. The first-order chi connectivity index (χ1) is 9.13. The minimum Gasteiger partial charge on any atom is -0.508 e. The molecule has 3 N–H and O–H groups in total. The number of hydrogen-bond acceptors (Lipinski definition) is 3. The number of rotatable bonds is 2. The predicted octanol–water partition coefficient (Wildman–Crippen LogP) is 3.26. The third kappa shape index (κ3) is 2.29. The molecule has 3 rings (SSSR count). The van der Waals surface area contributed by atoms with E-state index in [1.807, 2.05) is 24.3 Å². The Hall–Kier alpha value is -2.01. The lowest BCUT2D eigenvalue weighted by Crippen LogP contribution is -2.19. The minimum absolute atomic E-state index is 0.101. The van der Waals surface area contributed by atoms with Gasteiger partial charge >= 0.3 is 0 Å². The number of aromatic hydroxyl groups is 1. The van der Waals surface area contributed by atoms with Crippen LogP contribution in [0.5, 0.6) is 5.75 Å². The fourth-order valence-corrected chi connectivity index (χ4v) is 2.52. The van der Waals surface area contributed by atoms with Gasteiger partial charge in [-0.15, -0.1) is 0 Å². The number of anilines is 2. The fourth-order valence-electron chi connectivity index (χ4n) is 2.14. The van der Waals surface area contributed by atoms with Crippen LogP contribution in [0, 0.1) is 0 Å². The molecule has 1 atom stereocenters. The maximum atomic E-state index is 12.0. The molecule has 0 aromatic heterocycles. The number of amides is 1. The summed E-state index contributed by atoms with van der Waals surface area (Å²) in [6.07, 6.45) is 0. The average Bonchev–Trinajstić information content (AvgIpc) is 2.66. The highest BCUT2D eigenvalue weighted by molar-refractivity contribution is 9.10. The monoisotopic (exact) mass is 318 g/mol. The first-order valence-electron chi connectivity index (χ1n) is 5.79. The molecule has 2 aromatic rings. The summed E-state index contributed by atoms with van der Waals surface area (Å²) in [5.74, 6) is 0.0642. The van der Waals surface area contributed by atoms with Gasteiger partial charge in [0.1, 0.15) is 11.8 Å². The molecule has 0 bridgehead atoms. The van der Waals surface area contributed by atoms with Crippen LogP contribution in [-0.4, -0.2) is 11.0 Å². The van der Waals surface area contributed by atoms with Crippen LogP contribution >= 0.6 is 15.9 Å². The Kier molecular flexibility index (Phi) is 2.91. The van der Waals surface area contributed by atoms with Gasteiger partial charge in [0.2, 0.25) is 0 Å². The third-order valence-electron chi connectivity index (χ3n) is 3.00. The normalized spacial score (nSPS) is 16.9. The van der Waals surface area contributed by atoms with Gasteiger partial charge < -0.3 is 15.7 Å². The molecule has 96 valence electrons. The van der Waals surface area contributed by atoms with Crippen molar-refractivity contribution < 1.29 is 9.90 Å². The Morgan fingerprint density at radius 2 is 2.05 bits per heavy atom. The van der Waals surface area contributed by atoms with Crippen molar-refractivity contribution in [1.29, 1.82) is 0 Å². The maximum Gasteiger partial charge on any atom is 0.251 e. The third-order valence-corrected chi connectivity index (χ3v) is 3.50. The van der Waals surface area contributed by atoms with Crippen LogP contribution in [-0.2, 0) is 4.79 Å². The van der Waals surface area contributed by atoms with E-state index < -0.39 is 6.04 Å². The van der Waals surface area contributed by atoms with Gasteiger partial charge in [0.15, 0.2) is 0 Å². The van der Waals surface area contributed by atoms with Crippen LogP contribution < -0.4 is 10.6 Å². The van der Waals surface area contributed by atoms with Crippen molar-refractivity contribution in [3.63, 3.8) is 0 Å². The average molecular weight is 319 g/mol. The molecule has 4 nitrogen and oxygen atoms in total. The standard InChI is InChI=1S/C14H11BrN2O2/c15-8-4-5-12-11(6-8)13(14(19)17-12)16-9-2-1-3-10(18)7-9/h1-7,13,16,18H,(H,17,19).